The van der Waals surface area contributed by atoms with Gasteiger partial charge in [-0.2, -0.15) is 0 Å². The average molecular weight is 332 g/mol. The molecule has 132 valence electrons. The molecule has 3 aliphatic rings. The molecule has 0 aromatic carbocycles. The summed E-state index contributed by atoms with van der Waals surface area (Å²) in [7, 11) is 0. The van der Waals surface area contributed by atoms with Gasteiger partial charge in [0.05, 0.1) is 0 Å². The average Bonchev–Trinajstić information content (AvgIpc) is 2.80. The van der Waals surface area contributed by atoms with E-state index in [1.807, 2.05) is 0 Å². The second-order valence-corrected chi connectivity index (χ2v) is 7.73. The predicted molar refractivity (Wildman–Crippen MR) is 90.9 cm³/mol. The highest BCUT2D eigenvalue weighted by Gasteiger charge is 2.40. The molecule has 1 fully saturated rings. The highest BCUT2D eigenvalue weighted by Crippen LogP contribution is 2.33. The topological polar surface area (TPSA) is 66.5 Å². The molecule has 1 aliphatic heterocycles. The fraction of sp³-hybridized carbons (Fsp3) is 0.737. The van der Waals surface area contributed by atoms with Crippen LogP contribution in [0.5, 0.6) is 0 Å². The maximum Gasteiger partial charge on any atom is 0.257 e. The van der Waals surface area contributed by atoms with E-state index in [-0.39, 0.29) is 30.3 Å². The van der Waals surface area contributed by atoms with E-state index in [0.717, 1.165) is 37.0 Å². The minimum absolute atomic E-state index is 0.133. The summed E-state index contributed by atoms with van der Waals surface area (Å²) in [5.74, 6) is 0.329. The van der Waals surface area contributed by atoms with Crippen LogP contribution in [0.25, 0.3) is 0 Å². The van der Waals surface area contributed by atoms with Crippen LogP contribution in [0, 0.1) is 11.8 Å². The summed E-state index contributed by atoms with van der Waals surface area (Å²) in [5, 5.41) is 3.10. The minimum atomic E-state index is -0.242. The number of hydrogen-bond acceptors (Lipinski definition) is 3. The highest BCUT2D eigenvalue weighted by atomic mass is 16.2. The third-order valence-electron chi connectivity index (χ3n) is 5.80. The number of carbonyl (C=O) groups is 3. The van der Waals surface area contributed by atoms with Crippen molar-refractivity contribution >= 4 is 17.7 Å². The molecule has 1 heterocycles. The van der Waals surface area contributed by atoms with Gasteiger partial charge in [-0.1, -0.05) is 26.7 Å². The van der Waals surface area contributed by atoms with Crippen LogP contribution in [0.2, 0.25) is 0 Å². The summed E-state index contributed by atoms with van der Waals surface area (Å²) in [5.41, 5.74) is 1.30. The van der Waals surface area contributed by atoms with E-state index in [4.69, 9.17) is 0 Å². The first-order valence-corrected chi connectivity index (χ1v) is 9.36. The number of hydrogen-bond donors (Lipinski definition) is 1. The van der Waals surface area contributed by atoms with Gasteiger partial charge in [-0.05, 0) is 50.4 Å². The van der Waals surface area contributed by atoms with E-state index in [9.17, 15) is 14.4 Å². The molecular weight excluding hydrogens is 304 g/mol. The Bertz CT molecular complexity index is 551. The highest BCUT2D eigenvalue weighted by molar-refractivity contribution is 6.20. The van der Waals surface area contributed by atoms with E-state index in [2.05, 4.69) is 19.2 Å². The summed E-state index contributed by atoms with van der Waals surface area (Å²) in [6.45, 7) is 4.26. The monoisotopic (exact) mass is 332 g/mol. The van der Waals surface area contributed by atoms with E-state index in [1.54, 1.807) is 0 Å². The fourth-order valence-corrected chi connectivity index (χ4v) is 4.47. The molecule has 2 atom stereocenters. The summed E-state index contributed by atoms with van der Waals surface area (Å²) >= 11 is 0. The molecule has 0 saturated heterocycles. The quantitative estimate of drug-likeness (QED) is 0.805. The number of imide groups is 1. The summed E-state index contributed by atoms with van der Waals surface area (Å²) < 4.78 is 0. The zero-order valence-corrected chi connectivity index (χ0v) is 14.8. The molecule has 0 bridgehead atoms. The van der Waals surface area contributed by atoms with Gasteiger partial charge in [-0.25, -0.2) is 0 Å². The van der Waals surface area contributed by atoms with Crippen molar-refractivity contribution in [2.45, 2.75) is 71.3 Å². The number of rotatable bonds is 4. The Hall–Kier alpha value is -1.65. The van der Waals surface area contributed by atoms with E-state index >= 15 is 0 Å². The maximum atomic E-state index is 12.5. The predicted octanol–water partition coefficient (Wildman–Crippen LogP) is 2.56. The Morgan fingerprint density at radius 3 is 2.21 bits per heavy atom. The van der Waals surface area contributed by atoms with Crippen molar-refractivity contribution in [3.8, 4) is 0 Å². The van der Waals surface area contributed by atoms with Crippen LogP contribution in [-0.4, -0.2) is 35.2 Å². The van der Waals surface area contributed by atoms with Crippen molar-refractivity contribution in [3.63, 3.8) is 0 Å². The van der Waals surface area contributed by atoms with Crippen LogP contribution in [0.4, 0.5) is 0 Å². The molecule has 24 heavy (non-hydrogen) atoms. The third-order valence-corrected chi connectivity index (χ3v) is 5.80. The molecule has 1 N–H and O–H groups in total. The first-order chi connectivity index (χ1) is 11.5. The van der Waals surface area contributed by atoms with Crippen LogP contribution in [-0.2, 0) is 14.4 Å². The van der Waals surface area contributed by atoms with Gasteiger partial charge in [0.25, 0.3) is 11.8 Å². The Morgan fingerprint density at radius 2 is 1.62 bits per heavy atom. The summed E-state index contributed by atoms with van der Waals surface area (Å²) in [4.78, 5) is 38.4. The lowest BCUT2D eigenvalue weighted by Crippen LogP contribution is -2.48. The van der Waals surface area contributed by atoms with Crippen molar-refractivity contribution < 1.29 is 14.4 Å². The molecule has 2 unspecified atom stereocenters. The zero-order chi connectivity index (χ0) is 17.3. The Balaban J connectivity index is 1.61. The van der Waals surface area contributed by atoms with Crippen molar-refractivity contribution in [3.05, 3.63) is 11.1 Å². The molecule has 3 rings (SSSR count). The van der Waals surface area contributed by atoms with Crippen LogP contribution in [0.1, 0.15) is 65.2 Å². The normalized spacial score (nSPS) is 27.7. The number of nitrogens with zero attached hydrogens (tertiary/aromatic N) is 1. The van der Waals surface area contributed by atoms with Gasteiger partial charge in [0, 0.05) is 17.2 Å². The smallest absolute Gasteiger partial charge is 0.257 e. The fourth-order valence-electron chi connectivity index (χ4n) is 4.47. The SMILES string of the molecule is CC(C)C1CCCCC1NC(=O)CN1C(=O)C2=C(CCCC2)C1=O. The van der Waals surface area contributed by atoms with Crippen LogP contribution in [0.15, 0.2) is 11.1 Å². The number of nitrogens with one attached hydrogen (secondary N) is 1. The van der Waals surface area contributed by atoms with E-state index in [0.29, 0.717) is 35.8 Å². The van der Waals surface area contributed by atoms with Crippen LogP contribution >= 0.6 is 0 Å². The molecular formula is C19H28N2O3. The first-order valence-electron chi connectivity index (χ1n) is 9.36. The van der Waals surface area contributed by atoms with Gasteiger partial charge >= 0.3 is 0 Å². The van der Waals surface area contributed by atoms with Crippen molar-refractivity contribution in [2.75, 3.05) is 6.54 Å². The van der Waals surface area contributed by atoms with Gasteiger partial charge < -0.3 is 5.32 Å². The van der Waals surface area contributed by atoms with E-state index < -0.39 is 0 Å². The number of amides is 3. The lowest BCUT2D eigenvalue weighted by Gasteiger charge is -2.35. The summed E-state index contributed by atoms with van der Waals surface area (Å²) in [6, 6.07) is 0.168. The molecule has 3 amide bonds. The Labute approximate surface area is 143 Å². The van der Waals surface area contributed by atoms with Gasteiger partial charge in [0.1, 0.15) is 6.54 Å². The Morgan fingerprint density at radius 1 is 1.04 bits per heavy atom. The largest absolute Gasteiger partial charge is 0.352 e. The standard InChI is InChI=1S/C19H28N2O3/c1-12(2)13-7-5-6-10-16(13)20-17(22)11-21-18(23)14-8-3-4-9-15(14)19(21)24/h12-13,16H,3-11H2,1-2H3,(H,20,22). The van der Waals surface area contributed by atoms with Crippen LogP contribution in [0.3, 0.4) is 0 Å². The van der Waals surface area contributed by atoms with Crippen molar-refractivity contribution in [2.24, 2.45) is 11.8 Å². The molecule has 0 radical (unpaired) electrons. The third kappa shape index (κ3) is 3.26. The van der Waals surface area contributed by atoms with Crippen molar-refractivity contribution in [1.29, 1.82) is 0 Å². The Kier molecular flexibility index (Phi) is 5.07. The first kappa shape index (κ1) is 17.2. The van der Waals surface area contributed by atoms with Gasteiger partial charge in [0.15, 0.2) is 0 Å². The maximum absolute atomic E-state index is 12.5. The molecule has 0 aromatic rings. The van der Waals surface area contributed by atoms with Gasteiger partial charge in [-0.3, -0.25) is 19.3 Å². The van der Waals surface area contributed by atoms with Crippen LogP contribution < -0.4 is 5.32 Å². The molecule has 5 nitrogen and oxygen atoms in total. The lowest BCUT2D eigenvalue weighted by atomic mass is 9.78. The second kappa shape index (κ2) is 7.08. The van der Waals surface area contributed by atoms with Crippen molar-refractivity contribution in [1.82, 2.24) is 10.2 Å². The lowest BCUT2D eigenvalue weighted by molar-refractivity contribution is -0.142. The molecule has 5 heteroatoms. The van der Waals surface area contributed by atoms with E-state index in [1.165, 1.54) is 6.42 Å². The molecule has 1 saturated carbocycles. The second-order valence-electron chi connectivity index (χ2n) is 7.73. The van der Waals surface area contributed by atoms with Gasteiger partial charge in [0.2, 0.25) is 5.91 Å². The molecule has 2 aliphatic carbocycles. The summed E-state index contributed by atoms with van der Waals surface area (Å²) in [6.07, 6.45) is 7.74. The van der Waals surface area contributed by atoms with Gasteiger partial charge in [-0.15, -0.1) is 0 Å². The minimum Gasteiger partial charge on any atom is -0.352 e. The molecule has 0 spiro atoms. The molecule has 0 aromatic heterocycles. The number of carbonyl (C=O) groups excluding carboxylic acids is 3. The zero-order valence-electron chi connectivity index (χ0n) is 14.8.